The zero-order chi connectivity index (χ0) is 12.5. The van der Waals surface area contributed by atoms with Gasteiger partial charge in [0, 0.05) is 11.6 Å². The highest BCUT2D eigenvalue weighted by Crippen LogP contribution is 2.29. The van der Waals surface area contributed by atoms with Gasteiger partial charge in [-0.05, 0) is 23.3 Å². The van der Waals surface area contributed by atoms with Crippen molar-refractivity contribution >= 4 is 16.8 Å². The summed E-state index contributed by atoms with van der Waals surface area (Å²) in [7, 11) is 0. The third kappa shape index (κ3) is 1.57. The van der Waals surface area contributed by atoms with E-state index < -0.39 is 5.91 Å². The van der Waals surface area contributed by atoms with Gasteiger partial charge in [0.2, 0.25) is 0 Å². The number of primary amides is 1. The van der Waals surface area contributed by atoms with Crippen LogP contribution >= 0.6 is 0 Å². The van der Waals surface area contributed by atoms with Crippen molar-refractivity contribution in [3.8, 4) is 11.1 Å². The fourth-order valence-corrected chi connectivity index (χ4v) is 2.23. The second-order valence-corrected chi connectivity index (χ2v) is 4.16. The summed E-state index contributed by atoms with van der Waals surface area (Å²) in [6, 6.07) is 15.7. The average Bonchev–Trinajstić information content (AvgIpc) is 2.87. The molecule has 0 radical (unpaired) electrons. The van der Waals surface area contributed by atoms with Crippen LogP contribution in [0.4, 0.5) is 0 Å². The number of hydrogen-bond donors (Lipinski definition) is 2. The van der Waals surface area contributed by atoms with Crippen LogP contribution in [-0.4, -0.2) is 10.9 Å². The number of carbonyl (C=O) groups is 1. The number of benzene rings is 2. The molecule has 3 heteroatoms. The standard InChI is InChI=1S/C15H12N2O/c16-15(18)13-7-6-11(10-4-2-1-3-5-10)12-8-9-17-14(12)13/h1-9,17H,(H2,16,18). The zero-order valence-corrected chi connectivity index (χ0v) is 9.68. The smallest absolute Gasteiger partial charge is 0.250 e. The van der Waals surface area contributed by atoms with Crippen molar-refractivity contribution < 1.29 is 4.79 Å². The Morgan fingerprint density at radius 3 is 2.50 bits per heavy atom. The van der Waals surface area contributed by atoms with Gasteiger partial charge in [-0.15, -0.1) is 0 Å². The lowest BCUT2D eigenvalue weighted by atomic mass is 9.99. The van der Waals surface area contributed by atoms with Crippen molar-refractivity contribution in [2.24, 2.45) is 5.73 Å². The Morgan fingerprint density at radius 2 is 1.78 bits per heavy atom. The summed E-state index contributed by atoms with van der Waals surface area (Å²) in [6.45, 7) is 0. The van der Waals surface area contributed by atoms with Crippen LogP contribution in [0.15, 0.2) is 54.7 Å². The summed E-state index contributed by atoms with van der Waals surface area (Å²) in [5.74, 6) is -0.415. The number of aromatic nitrogens is 1. The zero-order valence-electron chi connectivity index (χ0n) is 9.68. The van der Waals surface area contributed by atoms with E-state index in [1.807, 2.05) is 48.7 Å². The van der Waals surface area contributed by atoms with E-state index in [4.69, 9.17) is 5.73 Å². The van der Waals surface area contributed by atoms with E-state index in [0.29, 0.717) is 5.56 Å². The third-order valence-electron chi connectivity index (χ3n) is 3.07. The van der Waals surface area contributed by atoms with Gasteiger partial charge in [0.05, 0.1) is 11.1 Å². The molecule has 0 fully saturated rings. The lowest BCUT2D eigenvalue weighted by Gasteiger charge is -2.06. The molecule has 0 bridgehead atoms. The van der Waals surface area contributed by atoms with Gasteiger partial charge in [-0.2, -0.15) is 0 Å². The molecule has 0 saturated heterocycles. The number of nitrogens with one attached hydrogen (secondary N) is 1. The topological polar surface area (TPSA) is 58.9 Å². The lowest BCUT2D eigenvalue weighted by Crippen LogP contribution is -2.11. The fraction of sp³-hybridized carbons (Fsp3) is 0. The Morgan fingerprint density at radius 1 is 1.00 bits per heavy atom. The van der Waals surface area contributed by atoms with Crippen LogP contribution in [0, 0.1) is 0 Å². The molecule has 3 rings (SSSR count). The Kier molecular flexibility index (Phi) is 2.38. The molecule has 88 valence electrons. The van der Waals surface area contributed by atoms with E-state index in [1.165, 1.54) is 0 Å². The average molecular weight is 236 g/mol. The molecule has 3 nitrogen and oxygen atoms in total. The summed E-state index contributed by atoms with van der Waals surface area (Å²) in [5, 5.41) is 1.01. The molecular formula is C15H12N2O. The van der Waals surface area contributed by atoms with Crippen molar-refractivity contribution in [3.05, 3.63) is 60.3 Å². The summed E-state index contributed by atoms with van der Waals surface area (Å²) in [4.78, 5) is 14.4. The first-order valence-electron chi connectivity index (χ1n) is 5.72. The molecule has 0 aliphatic heterocycles. The Hall–Kier alpha value is -2.55. The highest BCUT2D eigenvalue weighted by atomic mass is 16.1. The predicted molar refractivity (Wildman–Crippen MR) is 72.3 cm³/mol. The third-order valence-corrected chi connectivity index (χ3v) is 3.07. The van der Waals surface area contributed by atoms with E-state index in [1.54, 1.807) is 6.07 Å². The van der Waals surface area contributed by atoms with Crippen molar-refractivity contribution in [1.29, 1.82) is 0 Å². The molecule has 3 N–H and O–H groups in total. The molecule has 2 aromatic carbocycles. The van der Waals surface area contributed by atoms with Crippen LogP contribution in [0.3, 0.4) is 0 Å². The van der Waals surface area contributed by atoms with Gasteiger partial charge in [0.15, 0.2) is 0 Å². The SMILES string of the molecule is NC(=O)c1ccc(-c2ccccc2)c2cc[nH]c12. The van der Waals surface area contributed by atoms with Crippen molar-refractivity contribution in [2.75, 3.05) is 0 Å². The molecule has 3 aromatic rings. The largest absolute Gasteiger partial charge is 0.366 e. The van der Waals surface area contributed by atoms with Gasteiger partial charge in [-0.25, -0.2) is 0 Å². The van der Waals surface area contributed by atoms with Crippen molar-refractivity contribution in [1.82, 2.24) is 4.98 Å². The van der Waals surface area contributed by atoms with Crippen LogP contribution in [0.2, 0.25) is 0 Å². The minimum Gasteiger partial charge on any atom is -0.366 e. The van der Waals surface area contributed by atoms with E-state index >= 15 is 0 Å². The summed E-state index contributed by atoms with van der Waals surface area (Å²) in [5.41, 5.74) is 8.90. The predicted octanol–water partition coefficient (Wildman–Crippen LogP) is 2.93. The minimum absolute atomic E-state index is 0.415. The molecule has 0 aliphatic rings. The van der Waals surface area contributed by atoms with Gasteiger partial charge < -0.3 is 10.7 Å². The Bertz CT molecular complexity index is 714. The van der Waals surface area contributed by atoms with Gasteiger partial charge >= 0.3 is 0 Å². The molecule has 0 atom stereocenters. The van der Waals surface area contributed by atoms with Crippen LogP contribution in [0.5, 0.6) is 0 Å². The first-order chi connectivity index (χ1) is 8.77. The number of carbonyl (C=O) groups excluding carboxylic acids is 1. The first kappa shape index (κ1) is 10.6. The molecule has 1 heterocycles. The summed E-state index contributed by atoms with van der Waals surface area (Å²) < 4.78 is 0. The first-order valence-corrected chi connectivity index (χ1v) is 5.72. The van der Waals surface area contributed by atoms with E-state index in [9.17, 15) is 4.79 Å². The van der Waals surface area contributed by atoms with Gasteiger partial charge in [0.25, 0.3) is 5.91 Å². The maximum atomic E-state index is 11.4. The maximum absolute atomic E-state index is 11.4. The second-order valence-electron chi connectivity index (χ2n) is 4.16. The van der Waals surface area contributed by atoms with Gasteiger partial charge in [-0.3, -0.25) is 4.79 Å². The van der Waals surface area contributed by atoms with Crippen molar-refractivity contribution in [2.45, 2.75) is 0 Å². The molecule has 18 heavy (non-hydrogen) atoms. The minimum atomic E-state index is -0.415. The number of rotatable bonds is 2. The summed E-state index contributed by atoms with van der Waals surface area (Å²) in [6.07, 6.45) is 1.82. The molecule has 0 aliphatic carbocycles. The normalized spacial score (nSPS) is 10.7. The van der Waals surface area contributed by atoms with Gasteiger partial charge in [-0.1, -0.05) is 36.4 Å². The quantitative estimate of drug-likeness (QED) is 0.706. The van der Waals surface area contributed by atoms with Crippen LogP contribution in [-0.2, 0) is 0 Å². The molecular weight excluding hydrogens is 224 g/mol. The Balaban J connectivity index is 2.30. The molecule has 0 spiro atoms. The van der Waals surface area contributed by atoms with Crippen LogP contribution in [0.1, 0.15) is 10.4 Å². The van der Waals surface area contributed by atoms with E-state index in [2.05, 4.69) is 4.98 Å². The molecule has 1 aromatic heterocycles. The van der Waals surface area contributed by atoms with Gasteiger partial charge in [0.1, 0.15) is 0 Å². The van der Waals surface area contributed by atoms with Crippen LogP contribution < -0.4 is 5.73 Å². The monoisotopic (exact) mass is 236 g/mol. The number of nitrogens with two attached hydrogens (primary N) is 1. The second kappa shape index (κ2) is 4.04. The summed E-state index contributed by atoms with van der Waals surface area (Å²) >= 11 is 0. The molecule has 0 unspecified atom stereocenters. The number of hydrogen-bond acceptors (Lipinski definition) is 1. The molecule has 0 saturated carbocycles. The number of fused-ring (bicyclic) bond motifs is 1. The number of aromatic amines is 1. The highest BCUT2D eigenvalue weighted by Gasteiger charge is 2.11. The van der Waals surface area contributed by atoms with Crippen LogP contribution in [0.25, 0.3) is 22.0 Å². The molecule has 1 amide bonds. The number of amides is 1. The Labute approximate surface area is 104 Å². The van der Waals surface area contributed by atoms with Crippen molar-refractivity contribution in [3.63, 3.8) is 0 Å². The van der Waals surface area contributed by atoms with E-state index in [-0.39, 0.29) is 0 Å². The lowest BCUT2D eigenvalue weighted by molar-refractivity contribution is 0.100. The number of H-pyrrole nitrogens is 1. The van der Waals surface area contributed by atoms with E-state index in [0.717, 1.165) is 22.0 Å². The fourth-order valence-electron chi connectivity index (χ4n) is 2.23. The highest BCUT2D eigenvalue weighted by molar-refractivity contribution is 6.09. The maximum Gasteiger partial charge on any atom is 0.250 e.